The minimum Gasteiger partial charge on any atom is -0.381 e. The van der Waals surface area contributed by atoms with E-state index >= 15 is 0 Å². The van der Waals surface area contributed by atoms with Gasteiger partial charge in [-0.3, -0.25) is 9.36 Å². The summed E-state index contributed by atoms with van der Waals surface area (Å²) in [4.78, 5) is 16.9. The molecule has 0 bridgehead atoms. The fourth-order valence-electron chi connectivity index (χ4n) is 2.52. The van der Waals surface area contributed by atoms with Crippen LogP contribution in [0.5, 0.6) is 0 Å². The summed E-state index contributed by atoms with van der Waals surface area (Å²) in [6.45, 7) is 3.93. The van der Waals surface area contributed by atoms with Crippen LogP contribution in [0.25, 0.3) is 10.2 Å². The second kappa shape index (κ2) is 5.87. The van der Waals surface area contributed by atoms with Crippen molar-refractivity contribution in [2.24, 2.45) is 13.0 Å². The van der Waals surface area contributed by atoms with Crippen LogP contribution in [-0.2, 0) is 11.8 Å². The van der Waals surface area contributed by atoms with Gasteiger partial charge in [-0.15, -0.1) is 11.3 Å². The highest BCUT2D eigenvalue weighted by molar-refractivity contribution is 7.99. The zero-order chi connectivity index (χ0) is 14.1. The molecule has 0 radical (unpaired) electrons. The van der Waals surface area contributed by atoms with Gasteiger partial charge < -0.3 is 4.74 Å². The van der Waals surface area contributed by atoms with Gasteiger partial charge in [0.05, 0.1) is 5.52 Å². The van der Waals surface area contributed by atoms with Crippen LogP contribution in [0.2, 0.25) is 0 Å². The van der Waals surface area contributed by atoms with Crippen molar-refractivity contribution in [2.45, 2.75) is 30.2 Å². The zero-order valence-electron chi connectivity index (χ0n) is 11.7. The first-order valence-electron chi connectivity index (χ1n) is 6.85. The van der Waals surface area contributed by atoms with Crippen LogP contribution in [0, 0.1) is 5.92 Å². The fourth-order valence-corrected chi connectivity index (χ4v) is 4.52. The van der Waals surface area contributed by atoms with Crippen LogP contribution in [0.1, 0.15) is 19.8 Å². The van der Waals surface area contributed by atoms with Crippen molar-refractivity contribution in [1.82, 2.24) is 9.55 Å². The van der Waals surface area contributed by atoms with Crippen LogP contribution in [0.15, 0.2) is 21.4 Å². The average molecular weight is 310 g/mol. The summed E-state index contributed by atoms with van der Waals surface area (Å²) in [5, 5.41) is 3.20. The molecule has 2 aromatic rings. The fraction of sp³-hybridized carbons (Fsp3) is 0.571. The molecule has 4 nitrogen and oxygen atoms in total. The predicted molar refractivity (Wildman–Crippen MR) is 83.7 cm³/mol. The first kappa shape index (κ1) is 14.1. The van der Waals surface area contributed by atoms with Crippen LogP contribution >= 0.6 is 23.1 Å². The molecule has 0 aliphatic carbocycles. The van der Waals surface area contributed by atoms with E-state index in [4.69, 9.17) is 4.74 Å². The molecule has 1 aliphatic rings. The molecule has 0 spiro atoms. The summed E-state index contributed by atoms with van der Waals surface area (Å²) in [6, 6.07) is 1.92. The maximum absolute atomic E-state index is 12.3. The van der Waals surface area contributed by atoms with Crippen LogP contribution < -0.4 is 5.56 Å². The number of rotatable bonds is 3. The summed E-state index contributed by atoms with van der Waals surface area (Å²) < 4.78 is 7.84. The Hall–Kier alpha value is -0.850. The summed E-state index contributed by atoms with van der Waals surface area (Å²) in [5.41, 5.74) is 0.881. The lowest BCUT2D eigenvalue weighted by molar-refractivity contribution is 0.0669. The van der Waals surface area contributed by atoms with Crippen molar-refractivity contribution in [3.8, 4) is 0 Å². The van der Waals surface area contributed by atoms with Crippen molar-refractivity contribution in [1.29, 1.82) is 0 Å². The van der Waals surface area contributed by atoms with Crippen molar-refractivity contribution in [3.05, 3.63) is 21.8 Å². The molecule has 1 saturated heterocycles. The Labute approximate surface area is 126 Å². The van der Waals surface area contributed by atoms with Crippen molar-refractivity contribution < 1.29 is 4.74 Å². The summed E-state index contributed by atoms with van der Waals surface area (Å²) in [5.74, 6) is 0.642. The number of nitrogens with zero attached hydrogens (tertiary/aromatic N) is 2. The second-order valence-corrected chi connectivity index (χ2v) is 7.43. The van der Waals surface area contributed by atoms with Gasteiger partial charge in [0.1, 0.15) is 4.70 Å². The number of fused-ring (bicyclic) bond motifs is 1. The van der Waals surface area contributed by atoms with E-state index in [-0.39, 0.29) is 5.56 Å². The number of ether oxygens (including phenoxy) is 1. The molecule has 0 amide bonds. The summed E-state index contributed by atoms with van der Waals surface area (Å²) >= 11 is 3.17. The third kappa shape index (κ3) is 2.64. The monoisotopic (exact) mass is 310 g/mol. The van der Waals surface area contributed by atoms with Gasteiger partial charge in [-0.25, -0.2) is 4.98 Å². The van der Waals surface area contributed by atoms with Crippen LogP contribution in [-0.4, -0.2) is 28.0 Å². The highest BCUT2D eigenvalue weighted by Crippen LogP contribution is 2.32. The molecule has 0 aromatic carbocycles. The Bertz CT molecular complexity index is 659. The molecule has 1 atom stereocenters. The molecular formula is C14H18N2O2S2. The number of hydrogen-bond acceptors (Lipinski definition) is 5. The Kier molecular flexibility index (Phi) is 4.14. The highest BCUT2D eigenvalue weighted by atomic mass is 32.2. The standard InChI is InChI=1S/C14H18N2O2S2/c1-9(10-3-6-18-7-4-10)20-14-15-11-5-8-19-12(11)13(17)16(14)2/h5,8-10H,3-4,6-7H2,1-2H3/t9-/m0/s1. The summed E-state index contributed by atoms with van der Waals surface area (Å²) in [6.07, 6.45) is 2.20. The molecular weight excluding hydrogens is 292 g/mol. The Morgan fingerprint density at radius 2 is 2.25 bits per heavy atom. The molecule has 20 heavy (non-hydrogen) atoms. The quantitative estimate of drug-likeness (QED) is 0.646. The topological polar surface area (TPSA) is 44.1 Å². The van der Waals surface area contributed by atoms with E-state index in [0.29, 0.717) is 11.2 Å². The smallest absolute Gasteiger partial charge is 0.271 e. The van der Waals surface area contributed by atoms with Crippen LogP contribution in [0.4, 0.5) is 0 Å². The van der Waals surface area contributed by atoms with Crippen molar-refractivity contribution >= 4 is 33.3 Å². The molecule has 3 heterocycles. The molecule has 3 rings (SSSR count). The van der Waals surface area contributed by atoms with Gasteiger partial charge in [0.2, 0.25) is 0 Å². The van der Waals surface area contributed by atoms with Gasteiger partial charge in [0.25, 0.3) is 5.56 Å². The van der Waals surface area contributed by atoms with Crippen molar-refractivity contribution in [3.63, 3.8) is 0 Å². The van der Waals surface area contributed by atoms with E-state index in [9.17, 15) is 4.79 Å². The van der Waals surface area contributed by atoms with Gasteiger partial charge in [-0.05, 0) is 30.2 Å². The molecule has 0 N–H and O–H groups in total. The minimum absolute atomic E-state index is 0.0617. The van der Waals surface area contributed by atoms with Gasteiger partial charge >= 0.3 is 0 Å². The molecule has 0 saturated carbocycles. The first-order valence-corrected chi connectivity index (χ1v) is 8.61. The van der Waals surface area contributed by atoms with Crippen LogP contribution in [0.3, 0.4) is 0 Å². The molecule has 2 aromatic heterocycles. The number of thiophene rings is 1. The van der Waals surface area contributed by atoms with E-state index < -0.39 is 0 Å². The average Bonchev–Trinajstić information content (AvgIpc) is 2.93. The molecule has 1 fully saturated rings. The lowest BCUT2D eigenvalue weighted by Gasteiger charge is -2.27. The largest absolute Gasteiger partial charge is 0.381 e. The minimum atomic E-state index is 0.0617. The van der Waals surface area contributed by atoms with E-state index in [1.165, 1.54) is 11.3 Å². The summed E-state index contributed by atoms with van der Waals surface area (Å²) in [7, 11) is 1.81. The molecule has 1 aliphatic heterocycles. The second-order valence-electron chi connectivity index (χ2n) is 5.17. The Morgan fingerprint density at radius 1 is 1.50 bits per heavy atom. The molecule has 0 unspecified atom stereocenters. The zero-order valence-corrected chi connectivity index (χ0v) is 13.3. The van der Waals surface area contributed by atoms with E-state index in [1.54, 1.807) is 16.3 Å². The maximum atomic E-state index is 12.3. The van der Waals surface area contributed by atoms with Gasteiger partial charge in [0, 0.05) is 25.5 Å². The number of thioether (sulfide) groups is 1. The molecule has 6 heteroatoms. The molecule has 108 valence electrons. The number of aromatic nitrogens is 2. The predicted octanol–water partition coefficient (Wildman–Crippen LogP) is 2.90. The normalized spacial score (nSPS) is 18.5. The van der Waals surface area contributed by atoms with Gasteiger partial charge in [-0.1, -0.05) is 18.7 Å². The first-order chi connectivity index (χ1) is 9.66. The van der Waals surface area contributed by atoms with E-state index in [1.807, 2.05) is 18.5 Å². The Balaban J connectivity index is 1.86. The van der Waals surface area contributed by atoms with Gasteiger partial charge in [-0.2, -0.15) is 0 Å². The maximum Gasteiger partial charge on any atom is 0.271 e. The lowest BCUT2D eigenvalue weighted by Crippen LogP contribution is -2.25. The lowest BCUT2D eigenvalue weighted by atomic mass is 9.97. The third-order valence-corrected chi connectivity index (χ3v) is 6.09. The number of hydrogen-bond donors (Lipinski definition) is 0. The Morgan fingerprint density at radius 3 is 3.00 bits per heavy atom. The third-order valence-electron chi connectivity index (χ3n) is 3.87. The van der Waals surface area contributed by atoms with Crippen molar-refractivity contribution in [2.75, 3.05) is 13.2 Å². The van der Waals surface area contributed by atoms with E-state index in [2.05, 4.69) is 11.9 Å². The van der Waals surface area contributed by atoms with Gasteiger partial charge in [0.15, 0.2) is 5.16 Å². The SMILES string of the molecule is C[C@H](Sc1nc2ccsc2c(=O)n1C)C1CCOCC1. The highest BCUT2D eigenvalue weighted by Gasteiger charge is 2.23. The van der Waals surface area contributed by atoms with E-state index in [0.717, 1.165) is 41.4 Å².